The Balaban J connectivity index is 1.73. The average molecular weight is 281 g/mol. The van der Waals surface area contributed by atoms with Crippen LogP contribution in [0.25, 0.3) is 0 Å². The number of rotatable bonds is 8. The van der Waals surface area contributed by atoms with Gasteiger partial charge < -0.3 is 10.1 Å². The van der Waals surface area contributed by atoms with Crippen LogP contribution in [-0.4, -0.2) is 25.3 Å². The predicted molar refractivity (Wildman–Crippen MR) is 86.0 cm³/mol. The summed E-state index contributed by atoms with van der Waals surface area (Å²) in [4.78, 5) is 0. The third kappa shape index (κ3) is 3.76. The Morgan fingerprint density at radius 2 is 1.90 bits per heavy atom. The van der Waals surface area contributed by atoms with Crippen LogP contribution in [0.5, 0.6) is 0 Å². The van der Waals surface area contributed by atoms with Crippen LogP contribution >= 0.6 is 0 Å². The van der Waals surface area contributed by atoms with Crippen molar-refractivity contribution in [3.63, 3.8) is 0 Å². The highest BCUT2D eigenvalue weighted by molar-refractivity contribution is 5.08. The van der Waals surface area contributed by atoms with Crippen LogP contribution in [0, 0.1) is 11.3 Å². The van der Waals surface area contributed by atoms with Gasteiger partial charge in [-0.05, 0) is 45.1 Å². The molecule has 118 valence electrons. The molecule has 2 atom stereocenters. The molecule has 0 bridgehead atoms. The van der Waals surface area contributed by atoms with Gasteiger partial charge in [0.2, 0.25) is 0 Å². The molecule has 2 nitrogen and oxygen atoms in total. The van der Waals surface area contributed by atoms with Crippen LogP contribution in [0.4, 0.5) is 0 Å². The molecule has 2 aliphatic rings. The minimum atomic E-state index is 0.492. The van der Waals surface area contributed by atoms with Crippen molar-refractivity contribution >= 4 is 0 Å². The van der Waals surface area contributed by atoms with E-state index in [2.05, 4.69) is 26.1 Å². The molecule has 1 spiro atoms. The summed E-state index contributed by atoms with van der Waals surface area (Å²) in [6.45, 7) is 8.88. The van der Waals surface area contributed by atoms with E-state index in [0.29, 0.717) is 11.5 Å². The summed E-state index contributed by atoms with van der Waals surface area (Å²) in [6.07, 6.45) is 12.9. The van der Waals surface area contributed by atoms with E-state index in [1.54, 1.807) is 0 Å². The second-order valence-electron chi connectivity index (χ2n) is 7.37. The molecule has 0 aliphatic heterocycles. The van der Waals surface area contributed by atoms with E-state index >= 15 is 0 Å². The Hall–Kier alpha value is -0.0800. The molecule has 1 N–H and O–H groups in total. The number of hydrogen-bond acceptors (Lipinski definition) is 2. The fraction of sp³-hybridized carbons (Fsp3) is 1.00. The van der Waals surface area contributed by atoms with E-state index in [1.165, 1.54) is 64.3 Å². The zero-order chi connectivity index (χ0) is 14.4. The van der Waals surface area contributed by atoms with Crippen molar-refractivity contribution in [3.05, 3.63) is 0 Å². The van der Waals surface area contributed by atoms with Gasteiger partial charge in [0.25, 0.3) is 0 Å². The van der Waals surface area contributed by atoms with Gasteiger partial charge in [-0.2, -0.15) is 0 Å². The van der Waals surface area contributed by atoms with Crippen LogP contribution in [-0.2, 0) is 4.74 Å². The van der Waals surface area contributed by atoms with Crippen molar-refractivity contribution in [1.29, 1.82) is 0 Å². The minimum absolute atomic E-state index is 0.492. The van der Waals surface area contributed by atoms with Gasteiger partial charge in [-0.3, -0.25) is 0 Å². The number of ether oxygens (including phenoxy) is 1. The van der Waals surface area contributed by atoms with Crippen LogP contribution in [0.2, 0.25) is 0 Å². The van der Waals surface area contributed by atoms with Gasteiger partial charge in [-0.25, -0.2) is 0 Å². The first-order chi connectivity index (χ1) is 9.69. The lowest BCUT2D eigenvalue weighted by atomic mass is 9.55. The van der Waals surface area contributed by atoms with Crippen LogP contribution < -0.4 is 5.32 Å². The van der Waals surface area contributed by atoms with Crippen molar-refractivity contribution in [2.75, 3.05) is 13.2 Å². The first-order valence-electron chi connectivity index (χ1n) is 9.04. The largest absolute Gasteiger partial charge is 0.378 e. The van der Waals surface area contributed by atoms with Crippen molar-refractivity contribution in [3.8, 4) is 0 Å². The molecular formula is C18H35NO. The van der Waals surface area contributed by atoms with Crippen molar-refractivity contribution in [2.45, 2.75) is 90.7 Å². The topological polar surface area (TPSA) is 21.3 Å². The molecule has 2 heteroatoms. The van der Waals surface area contributed by atoms with Gasteiger partial charge in [0.05, 0.1) is 6.10 Å². The molecule has 2 saturated carbocycles. The molecule has 0 saturated heterocycles. The lowest BCUT2D eigenvalue weighted by Gasteiger charge is -2.58. The van der Waals surface area contributed by atoms with Gasteiger partial charge in [0, 0.05) is 18.1 Å². The Labute approximate surface area is 126 Å². The van der Waals surface area contributed by atoms with Crippen molar-refractivity contribution in [2.24, 2.45) is 11.3 Å². The highest BCUT2D eigenvalue weighted by Crippen LogP contribution is 2.53. The molecule has 2 unspecified atom stereocenters. The zero-order valence-electron chi connectivity index (χ0n) is 13.9. The van der Waals surface area contributed by atoms with Gasteiger partial charge in [0.1, 0.15) is 0 Å². The molecule has 0 radical (unpaired) electrons. The molecular weight excluding hydrogens is 246 g/mol. The molecule has 0 amide bonds. The monoisotopic (exact) mass is 281 g/mol. The number of nitrogens with one attached hydrogen (secondary N) is 1. The SMILES string of the molecule is CCOC1CC(NCCCCC(C)C)C12CCCCC2. The summed E-state index contributed by atoms with van der Waals surface area (Å²) in [6, 6.07) is 0.735. The molecule has 2 rings (SSSR count). The normalized spacial score (nSPS) is 28.8. The molecule has 0 aromatic heterocycles. The second kappa shape index (κ2) is 7.79. The van der Waals surface area contributed by atoms with Crippen LogP contribution in [0.15, 0.2) is 0 Å². The van der Waals surface area contributed by atoms with Crippen LogP contribution in [0.3, 0.4) is 0 Å². The van der Waals surface area contributed by atoms with Crippen LogP contribution in [0.1, 0.15) is 78.6 Å². The van der Waals surface area contributed by atoms with Crippen molar-refractivity contribution in [1.82, 2.24) is 5.32 Å². The second-order valence-corrected chi connectivity index (χ2v) is 7.37. The van der Waals surface area contributed by atoms with Crippen molar-refractivity contribution < 1.29 is 4.74 Å². The quantitative estimate of drug-likeness (QED) is 0.660. The maximum atomic E-state index is 6.02. The molecule has 2 aliphatic carbocycles. The van der Waals surface area contributed by atoms with Gasteiger partial charge in [-0.1, -0.05) is 46.0 Å². The highest BCUT2D eigenvalue weighted by atomic mass is 16.5. The zero-order valence-corrected chi connectivity index (χ0v) is 13.9. The lowest BCUT2D eigenvalue weighted by Crippen LogP contribution is -2.64. The standard InChI is InChI=1S/C18H35NO/c1-4-20-17-14-16(18(17)11-7-5-8-12-18)19-13-9-6-10-15(2)3/h15-17,19H,4-14H2,1-3H3. The molecule has 2 fully saturated rings. The Morgan fingerprint density at radius 1 is 1.15 bits per heavy atom. The summed E-state index contributed by atoms with van der Waals surface area (Å²) in [7, 11) is 0. The number of hydrogen-bond donors (Lipinski definition) is 1. The molecule has 20 heavy (non-hydrogen) atoms. The number of unbranched alkanes of at least 4 members (excludes halogenated alkanes) is 1. The summed E-state index contributed by atoms with van der Waals surface area (Å²) in [5, 5.41) is 3.86. The maximum Gasteiger partial charge on any atom is 0.0661 e. The smallest absolute Gasteiger partial charge is 0.0661 e. The van der Waals surface area contributed by atoms with Gasteiger partial charge >= 0.3 is 0 Å². The fourth-order valence-corrected chi connectivity index (χ4v) is 4.30. The van der Waals surface area contributed by atoms with Gasteiger partial charge in [0.15, 0.2) is 0 Å². The average Bonchev–Trinajstić information content (AvgIpc) is 2.45. The van der Waals surface area contributed by atoms with E-state index < -0.39 is 0 Å². The Bertz CT molecular complexity index is 271. The summed E-state index contributed by atoms with van der Waals surface area (Å²) in [5.41, 5.74) is 0.492. The predicted octanol–water partition coefficient (Wildman–Crippen LogP) is 4.53. The summed E-state index contributed by atoms with van der Waals surface area (Å²) in [5.74, 6) is 0.853. The lowest BCUT2D eigenvalue weighted by molar-refractivity contribution is -0.149. The third-order valence-corrected chi connectivity index (χ3v) is 5.54. The Kier molecular flexibility index (Phi) is 6.35. The first kappa shape index (κ1) is 16.3. The summed E-state index contributed by atoms with van der Waals surface area (Å²) < 4.78 is 6.02. The van der Waals surface area contributed by atoms with Gasteiger partial charge in [-0.15, -0.1) is 0 Å². The molecule has 0 heterocycles. The van der Waals surface area contributed by atoms with E-state index in [1.807, 2.05) is 0 Å². The minimum Gasteiger partial charge on any atom is -0.378 e. The maximum absolute atomic E-state index is 6.02. The summed E-state index contributed by atoms with van der Waals surface area (Å²) >= 11 is 0. The molecule has 0 aromatic rings. The van der Waals surface area contributed by atoms with E-state index in [4.69, 9.17) is 4.74 Å². The van der Waals surface area contributed by atoms with E-state index in [-0.39, 0.29) is 0 Å². The van der Waals surface area contributed by atoms with E-state index in [9.17, 15) is 0 Å². The fourth-order valence-electron chi connectivity index (χ4n) is 4.30. The molecule has 0 aromatic carbocycles. The van der Waals surface area contributed by atoms with E-state index in [0.717, 1.165) is 18.6 Å². The Morgan fingerprint density at radius 3 is 2.55 bits per heavy atom. The first-order valence-corrected chi connectivity index (χ1v) is 9.04. The third-order valence-electron chi connectivity index (χ3n) is 5.54. The highest BCUT2D eigenvalue weighted by Gasteiger charge is 2.55.